The van der Waals surface area contributed by atoms with Gasteiger partial charge < -0.3 is 15.1 Å². The second-order valence-corrected chi connectivity index (χ2v) is 8.51. The smallest absolute Gasteiger partial charge is 0.228 e. The van der Waals surface area contributed by atoms with Gasteiger partial charge in [-0.3, -0.25) is 14.4 Å². The van der Waals surface area contributed by atoms with Crippen molar-refractivity contribution in [2.45, 2.75) is 52.0 Å². The molecule has 0 bridgehead atoms. The highest BCUT2D eigenvalue weighted by molar-refractivity contribution is 6.01. The van der Waals surface area contributed by atoms with Gasteiger partial charge in [0.05, 0.1) is 5.92 Å². The van der Waals surface area contributed by atoms with Crippen molar-refractivity contribution in [1.82, 2.24) is 10.2 Å². The fraction of sp³-hybridized carbons (Fsp3) is 0.591. The van der Waals surface area contributed by atoms with E-state index < -0.39 is 0 Å². The van der Waals surface area contributed by atoms with Gasteiger partial charge in [0.15, 0.2) is 0 Å². The van der Waals surface area contributed by atoms with Crippen LogP contribution in [0.2, 0.25) is 0 Å². The van der Waals surface area contributed by atoms with Crippen LogP contribution in [0.4, 0.5) is 5.69 Å². The molecule has 3 fully saturated rings. The molecular formula is C22H29N3O3. The van der Waals surface area contributed by atoms with Crippen molar-refractivity contribution in [3.05, 3.63) is 29.3 Å². The predicted octanol–water partition coefficient (Wildman–Crippen LogP) is 2.17. The molecule has 0 radical (unpaired) electrons. The van der Waals surface area contributed by atoms with Crippen molar-refractivity contribution < 1.29 is 14.4 Å². The van der Waals surface area contributed by atoms with Crippen LogP contribution < -0.4 is 10.2 Å². The lowest BCUT2D eigenvalue weighted by Crippen LogP contribution is -2.45. The van der Waals surface area contributed by atoms with Gasteiger partial charge in [0.1, 0.15) is 0 Å². The summed E-state index contributed by atoms with van der Waals surface area (Å²) in [6.07, 6.45) is 3.89. The van der Waals surface area contributed by atoms with E-state index in [4.69, 9.17) is 0 Å². The summed E-state index contributed by atoms with van der Waals surface area (Å²) >= 11 is 0. The zero-order valence-corrected chi connectivity index (χ0v) is 16.7. The maximum Gasteiger partial charge on any atom is 0.228 e. The van der Waals surface area contributed by atoms with E-state index in [-0.39, 0.29) is 36.0 Å². The van der Waals surface area contributed by atoms with Crippen molar-refractivity contribution in [2.75, 3.05) is 24.5 Å². The first-order valence-corrected chi connectivity index (χ1v) is 10.4. The van der Waals surface area contributed by atoms with Crippen molar-refractivity contribution in [3.63, 3.8) is 0 Å². The number of benzene rings is 1. The summed E-state index contributed by atoms with van der Waals surface area (Å²) in [6, 6.07) is 6.33. The molecule has 1 aliphatic carbocycles. The van der Waals surface area contributed by atoms with Crippen LogP contribution in [-0.4, -0.2) is 48.3 Å². The molecule has 0 spiro atoms. The molecule has 6 heteroatoms. The molecule has 4 rings (SSSR count). The minimum Gasteiger partial charge on any atom is -0.353 e. The molecule has 3 aliphatic rings. The minimum absolute atomic E-state index is 0.0151. The van der Waals surface area contributed by atoms with Crippen molar-refractivity contribution >= 4 is 23.4 Å². The Morgan fingerprint density at radius 1 is 1.04 bits per heavy atom. The minimum atomic E-state index is -0.288. The zero-order valence-electron chi connectivity index (χ0n) is 16.7. The third-order valence-corrected chi connectivity index (χ3v) is 6.44. The number of carbonyl (C=O) groups is 3. The van der Waals surface area contributed by atoms with E-state index in [2.05, 4.69) is 5.32 Å². The number of hydrogen-bond acceptors (Lipinski definition) is 3. The molecule has 3 amide bonds. The van der Waals surface area contributed by atoms with Gasteiger partial charge in [0, 0.05) is 43.7 Å². The molecule has 2 saturated heterocycles. The summed E-state index contributed by atoms with van der Waals surface area (Å²) in [5, 5.41) is 3.07. The average molecular weight is 383 g/mol. The Balaban J connectivity index is 1.35. The molecule has 0 aromatic heterocycles. The lowest BCUT2D eigenvalue weighted by atomic mass is 9.94. The Hall–Kier alpha value is -2.37. The summed E-state index contributed by atoms with van der Waals surface area (Å²) < 4.78 is 0. The van der Waals surface area contributed by atoms with Crippen LogP contribution in [0.5, 0.6) is 0 Å². The fourth-order valence-corrected chi connectivity index (χ4v) is 4.30. The number of amides is 3. The predicted molar refractivity (Wildman–Crippen MR) is 107 cm³/mol. The summed E-state index contributed by atoms with van der Waals surface area (Å²) in [5.41, 5.74) is 3.15. The van der Waals surface area contributed by atoms with Crippen molar-refractivity contribution in [3.8, 4) is 0 Å². The molecule has 1 saturated carbocycles. The van der Waals surface area contributed by atoms with E-state index in [0.29, 0.717) is 38.5 Å². The zero-order chi connectivity index (χ0) is 19.8. The Morgan fingerprint density at radius 3 is 2.43 bits per heavy atom. The van der Waals surface area contributed by atoms with Crippen LogP contribution in [0.15, 0.2) is 18.2 Å². The second-order valence-electron chi connectivity index (χ2n) is 8.51. The number of rotatable bonds is 4. The lowest BCUT2D eigenvalue weighted by Gasteiger charge is -2.33. The Morgan fingerprint density at radius 2 is 1.75 bits per heavy atom. The molecule has 1 aromatic rings. The molecule has 1 N–H and O–H groups in total. The number of aryl methyl sites for hydroxylation is 1. The van der Waals surface area contributed by atoms with Crippen LogP contribution in [0.3, 0.4) is 0 Å². The molecule has 2 heterocycles. The molecule has 1 aromatic carbocycles. The second kappa shape index (κ2) is 7.57. The van der Waals surface area contributed by atoms with Crippen LogP contribution in [0.25, 0.3) is 0 Å². The highest BCUT2D eigenvalue weighted by Crippen LogP contribution is 2.31. The Bertz CT molecular complexity index is 794. The first-order chi connectivity index (χ1) is 13.4. The van der Waals surface area contributed by atoms with Gasteiger partial charge in [-0.25, -0.2) is 0 Å². The molecule has 1 atom stereocenters. The van der Waals surface area contributed by atoms with Gasteiger partial charge in [-0.15, -0.1) is 0 Å². The lowest BCUT2D eigenvalue weighted by molar-refractivity contribution is -0.139. The van der Waals surface area contributed by atoms with E-state index in [0.717, 1.165) is 29.7 Å². The highest BCUT2D eigenvalue weighted by atomic mass is 16.2. The van der Waals surface area contributed by atoms with Gasteiger partial charge in [0.25, 0.3) is 0 Å². The summed E-state index contributed by atoms with van der Waals surface area (Å²) in [4.78, 5) is 41.4. The van der Waals surface area contributed by atoms with Gasteiger partial charge in [-0.2, -0.15) is 0 Å². The Kier molecular flexibility index (Phi) is 5.13. The average Bonchev–Trinajstić information content (AvgIpc) is 3.43. The normalized spacial score (nSPS) is 23.2. The standard InChI is InChI=1S/C22H29N3O3/c1-14-4-3-5-19(15(14)2)25-13-17(12-20(25)26)22(28)24-10-8-16(9-11-24)21(27)23-18-6-7-18/h3-5,16-18H,6-13H2,1-2H3,(H,23,27). The van der Waals surface area contributed by atoms with E-state index in [9.17, 15) is 14.4 Å². The number of nitrogens with zero attached hydrogens (tertiary/aromatic N) is 2. The first-order valence-electron chi connectivity index (χ1n) is 10.4. The monoisotopic (exact) mass is 383 g/mol. The largest absolute Gasteiger partial charge is 0.353 e. The van der Waals surface area contributed by atoms with E-state index in [1.165, 1.54) is 0 Å². The van der Waals surface area contributed by atoms with Crippen molar-refractivity contribution in [1.29, 1.82) is 0 Å². The van der Waals surface area contributed by atoms with E-state index in [1.807, 2.05) is 36.9 Å². The number of likely N-dealkylation sites (tertiary alicyclic amines) is 1. The Labute approximate surface area is 166 Å². The van der Waals surface area contributed by atoms with Crippen LogP contribution >= 0.6 is 0 Å². The van der Waals surface area contributed by atoms with Crippen LogP contribution in [0.1, 0.15) is 43.2 Å². The first kappa shape index (κ1) is 19.0. The molecule has 2 aliphatic heterocycles. The van der Waals surface area contributed by atoms with Gasteiger partial charge in [0.2, 0.25) is 17.7 Å². The van der Waals surface area contributed by atoms with Gasteiger partial charge >= 0.3 is 0 Å². The fourth-order valence-electron chi connectivity index (χ4n) is 4.30. The number of hydrogen-bond donors (Lipinski definition) is 1. The van der Waals surface area contributed by atoms with Crippen LogP contribution in [0, 0.1) is 25.7 Å². The molecular weight excluding hydrogens is 354 g/mol. The SMILES string of the molecule is Cc1cccc(N2CC(C(=O)N3CCC(C(=O)NC4CC4)CC3)CC2=O)c1C. The quantitative estimate of drug-likeness (QED) is 0.866. The van der Waals surface area contributed by atoms with Crippen LogP contribution in [-0.2, 0) is 14.4 Å². The van der Waals surface area contributed by atoms with E-state index in [1.54, 1.807) is 4.90 Å². The molecule has 6 nitrogen and oxygen atoms in total. The third kappa shape index (κ3) is 3.77. The van der Waals surface area contributed by atoms with Gasteiger partial charge in [-0.1, -0.05) is 12.1 Å². The van der Waals surface area contributed by atoms with Crippen molar-refractivity contribution in [2.24, 2.45) is 11.8 Å². The summed E-state index contributed by atoms with van der Waals surface area (Å²) in [6.45, 7) is 5.71. The maximum absolute atomic E-state index is 13.0. The third-order valence-electron chi connectivity index (χ3n) is 6.44. The maximum atomic E-state index is 13.0. The van der Waals surface area contributed by atoms with E-state index >= 15 is 0 Å². The topological polar surface area (TPSA) is 69.7 Å². The number of piperidine rings is 1. The molecule has 28 heavy (non-hydrogen) atoms. The number of nitrogens with one attached hydrogen (secondary N) is 1. The van der Waals surface area contributed by atoms with Gasteiger partial charge in [-0.05, 0) is 56.7 Å². The summed E-state index contributed by atoms with van der Waals surface area (Å²) in [5.74, 6) is -0.0507. The summed E-state index contributed by atoms with van der Waals surface area (Å²) in [7, 11) is 0. The molecule has 1 unspecified atom stereocenters. The number of anilines is 1. The highest BCUT2D eigenvalue weighted by Gasteiger charge is 2.39. The number of carbonyl (C=O) groups excluding carboxylic acids is 3. The molecule has 150 valence electrons.